The SMILES string of the molecule is CSCCCNC(=O)NCCC1=CCCC1. The molecule has 0 heterocycles. The Labute approximate surface area is 102 Å². The lowest BCUT2D eigenvalue weighted by atomic mass is 10.2. The van der Waals surface area contributed by atoms with Crippen molar-refractivity contribution in [1.29, 1.82) is 0 Å². The molecule has 0 aliphatic heterocycles. The summed E-state index contributed by atoms with van der Waals surface area (Å²) in [6.07, 6.45) is 10.2. The standard InChI is InChI=1S/C12H22N2OS/c1-16-10-4-8-13-12(15)14-9-7-11-5-2-3-6-11/h5H,2-4,6-10H2,1H3,(H2,13,14,15). The van der Waals surface area contributed by atoms with Crippen molar-refractivity contribution in [1.82, 2.24) is 10.6 Å². The third-order valence-corrected chi connectivity index (χ3v) is 3.37. The van der Waals surface area contributed by atoms with Gasteiger partial charge in [-0.25, -0.2) is 4.79 Å². The average Bonchev–Trinajstić information content (AvgIpc) is 2.77. The summed E-state index contributed by atoms with van der Waals surface area (Å²) >= 11 is 1.81. The molecule has 0 atom stereocenters. The number of hydrogen-bond acceptors (Lipinski definition) is 2. The van der Waals surface area contributed by atoms with E-state index >= 15 is 0 Å². The van der Waals surface area contributed by atoms with Gasteiger partial charge in [0.25, 0.3) is 0 Å². The van der Waals surface area contributed by atoms with E-state index in [1.165, 1.54) is 24.8 Å². The van der Waals surface area contributed by atoms with Gasteiger partial charge in [-0.2, -0.15) is 11.8 Å². The lowest BCUT2D eigenvalue weighted by Crippen LogP contribution is -2.36. The van der Waals surface area contributed by atoms with Gasteiger partial charge in [-0.1, -0.05) is 11.6 Å². The molecule has 1 rings (SSSR count). The number of hydrogen-bond donors (Lipinski definition) is 2. The number of carbonyl (C=O) groups is 1. The number of amides is 2. The van der Waals surface area contributed by atoms with Crippen molar-refractivity contribution in [2.45, 2.75) is 32.1 Å². The van der Waals surface area contributed by atoms with Crippen LogP contribution < -0.4 is 10.6 Å². The van der Waals surface area contributed by atoms with Crippen molar-refractivity contribution in [2.75, 3.05) is 25.1 Å². The molecule has 2 amide bonds. The third-order valence-electron chi connectivity index (χ3n) is 2.68. The fourth-order valence-electron chi connectivity index (χ4n) is 1.78. The van der Waals surface area contributed by atoms with Gasteiger partial charge >= 0.3 is 6.03 Å². The minimum Gasteiger partial charge on any atom is -0.338 e. The molecule has 4 heteroatoms. The van der Waals surface area contributed by atoms with E-state index in [-0.39, 0.29) is 6.03 Å². The molecule has 0 saturated heterocycles. The smallest absolute Gasteiger partial charge is 0.314 e. The van der Waals surface area contributed by atoms with Gasteiger partial charge < -0.3 is 10.6 Å². The summed E-state index contributed by atoms with van der Waals surface area (Å²) in [6.45, 7) is 1.54. The van der Waals surface area contributed by atoms with Gasteiger partial charge in [0.15, 0.2) is 0 Å². The first kappa shape index (κ1) is 13.4. The van der Waals surface area contributed by atoms with Crippen LogP contribution in [0.25, 0.3) is 0 Å². The van der Waals surface area contributed by atoms with Crippen LogP contribution in [0.2, 0.25) is 0 Å². The van der Waals surface area contributed by atoms with Crippen LogP contribution in [0.1, 0.15) is 32.1 Å². The normalized spacial score (nSPS) is 14.7. The fraction of sp³-hybridized carbons (Fsp3) is 0.750. The van der Waals surface area contributed by atoms with E-state index in [0.29, 0.717) is 0 Å². The summed E-state index contributed by atoms with van der Waals surface area (Å²) in [5.41, 5.74) is 1.50. The Bertz CT molecular complexity index is 241. The maximum Gasteiger partial charge on any atom is 0.314 e. The molecular formula is C12H22N2OS. The highest BCUT2D eigenvalue weighted by Crippen LogP contribution is 2.19. The number of carbonyl (C=O) groups excluding carboxylic acids is 1. The molecule has 0 aromatic carbocycles. The van der Waals surface area contributed by atoms with Crippen LogP contribution in [-0.2, 0) is 0 Å². The van der Waals surface area contributed by atoms with Crippen molar-refractivity contribution < 1.29 is 4.79 Å². The lowest BCUT2D eigenvalue weighted by Gasteiger charge is -2.07. The number of thioether (sulfide) groups is 1. The summed E-state index contributed by atoms with van der Waals surface area (Å²) in [6, 6.07) is -0.0281. The van der Waals surface area contributed by atoms with Gasteiger partial charge in [0, 0.05) is 13.1 Å². The van der Waals surface area contributed by atoms with E-state index < -0.39 is 0 Å². The van der Waals surface area contributed by atoms with Crippen LogP contribution in [0.3, 0.4) is 0 Å². The molecular weight excluding hydrogens is 220 g/mol. The average molecular weight is 242 g/mol. The lowest BCUT2D eigenvalue weighted by molar-refractivity contribution is 0.241. The molecule has 0 saturated carbocycles. The monoisotopic (exact) mass is 242 g/mol. The molecule has 0 bridgehead atoms. The van der Waals surface area contributed by atoms with Crippen molar-refractivity contribution in [3.63, 3.8) is 0 Å². The zero-order chi connectivity index (χ0) is 11.6. The molecule has 92 valence electrons. The van der Waals surface area contributed by atoms with Gasteiger partial charge in [0.05, 0.1) is 0 Å². The number of rotatable bonds is 7. The maximum atomic E-state index is 11.3. The van der Waals surface area contributed by atoms with Crippen molar-refractivity contribution in [3.8, 4) is 0 Å². The van der Waals surface area contributed by atoms with Gasteiger partial charge in [0.1, 0.15) is 0 Å². The van der Waals surface area contributed by atoms with Gasteiger partial charge in [-0.3, -0.25) is 0 Å². The molecule has 0 spiro atoms. The van der Waals surface area contributed by atoms with Crippen LogP contribution in [-0.4, -0.2) is 31.1 Å². The molecule has 3 nitrogen and oxygen atoms in total. The van der Waals surface area contributed by atoms with Crippen LogP contribution in [0.4, 0.5) is 4.79 Å². The second-order valence-electron chi connectivity index (χ2n) is 4.03. The van der Waals surface area contributed by atoms with Crippen LogP contribution >= 0.6 is 11.8 Å². The number of nitrogens with one attached hydrogen (secondary N) is 2. The van der Waals surface area contributed by atoms with Gasteiger partial charge in [0.2, 0.25) is 0 Å². The molecule has 0 radical (unpaired) electrons. The predicted molar refractivity (Wildman–Crippen MR) is 71.0 cm³/mol. The largest absolute Gasteiger partial charge is 0.338 e. The van der Waals surface area contributed by atoms with Crippen molar-refractivity contribution in [2.24, 2.45) is 0 Å². The third kappa shape index (κ3) is 6.05. The molecule has 0 unspecified atom stereocenters. The summed E-state index contributed by atoms with van der Waals surface area (Å²) < 4.78 is 0. The molecule has 1 aliphatic rings. The minimum atomic E-state index is -0.0281. The van der Waals surface area contributed by atoms with Crippen LogP contribution in [0, 0.1) is 0 Å². The summed E-state index contributed by atoms with van der Waals surface area (Å²) in [7, 11) is 0. The Balaban J connectivity index is 1.93. The van der Waals surface area contributed by atoms with E-state index in [1.54, 1.807) is 0 Å². The van der Waals surface area contributed by atoms with Crippen molar-refractivity contribution >= 4 is 17.8 Å². The summed E-state index contributed by atoms with van der Waals surface area (Å²) in [5, 5.41) is 5.75. The second kappa shape index (κ2) is 8.50. The first-order chi connectivity index (χ1) is 7.83. The minimum absolute atomic E-state index is 0.0281. The highest BCUT2D eigenvalue weighted by molar-refractivity contribution is 7.98. The zero-order valence-electron chi connectivity index (χ0n) is 10.1. The Kier molecular flexibility index (Phi) is 7.14. The van der Waals surface area contributed by atoms with Crippen LogP contribution in [0.15, 0.2) is 11.6 Å². The highest BCUT2D eigenvalue weighted by Gasteiger charge is 2.04. The van der Waals surface area contributed by atoms with Gasteiger partial charge in [-0.15, -0.1) is 0 Å². The topological polar surface area (TPSA) is 41.1 Å². The van der Waals surface area contributed by atoms with E-state index in [0.717, 1.165) is 31.7 Å². The van der Waals surface area contributed by atoms with Gasteiger partial charge in [-0.05, 0) is 44.1 Å². The number of allylic oxidation sites excluding steroid dienone is 1. The fourth-order valence-corrected chi connectivity index (χ4v) is 2.21. The van der Waals surface area contributed by atoms with E-state index in [9.17, 15) is 4.79 Å². The molecule has 16 heavy (non-hydrogen) atoms. The van der Waals surface area contributed by atoms with E-state index in [4.69, 9.17) is 0 Å². The molecule has 1 aliphatic carbocycles. The quantitative estimate of drug-likeness (QED) is 0.532. The Hall–Kier alpha value is -0.640. The van der Waals surface area contributed by atoms with Crippen LogP contribution in [0.5, 0.6) is 0 Å². The second-order valence-corrected chi connectivity index (χ2v) is 5.02. The first-order valence-electron chi connectivity index (χ1n) is 6.01. The zero-order valence-corrected chi connectivity index (χ0v) is 10.9. The molecule has 0 aromatic heterocycles. The first-order valence-corrected chi connectivity index (χ1v) is 7.41. The Morgan fingerprint density at radius 1 is 1.44 bits per heavy atom. The summed E-state index contributed by atoms with van der Waals surface area (Å²) in [4.78, 5) is 11.3. The van der Waals surface area contributed by atoms with E-state index in [2.05, 4.69) is 23.0 Å². The predicted octanol–water partition coefficient (Wildman–Crippen LogP) is 2.54. The molecule has 2 N–H and O–H groups in total. The molecule has 0 aromatic rings. The molecule has 0 fully saturated rings. The summed E-state index contributed by atoms with van der Waals surface area (Å²) in [5.74, 6) is 1.10. The Morgan fingerprint density at radius 3 is 2.94 bits per heavy atom. The highest BCUT2D eigenvalue weighted by atomic mass is 32.2. The van der Waals surface area contributed by atoms with E-state index in [1.807, 2.05) is 11.8 Å². The maximum absolute atomic E-state index is 11.3. The number of urea groups is 1. The van der Waals surface area contributed by atoms with Crippen molar-refractivity contribution in [3.05, 3.63) is 11.6 Å². The Morgan fingerprint density at radius 2 is 2.25 bits per heavy atom.